The van der Waals surface area contributed by atoms with E-state index in [0.29, 0.717) is 28.8 Å². The molecule has 1 aliphatic carbocycles. The average molecular weight is 379 g/mol. The van der Waals surface area contributed by atoms with Gasteiger partial charge in [-0.1, -0.05) is 19.8 Å². The summed E-state index contributed by atoms with van der Waals surface area (Å²) in [5.74, 6) is 2.29. The van der Waals surface area contributed by atoms with Crippen LogP contribution in [0.4, 0.5) is 5.82 Å². The maximum atomic E-state index is 10.5. The van der Waals surface area contributed by atoms with Gasteiger partial charge in [-0.05, 0) is 18.6 Å². The van der Waals surface area contributed by atoms with Gasteiger partial charge < -0.3 is 20.3 Å². The van der Waals surface area contributed by atoms with Gasteiger partial charge in [0.05, 0.1) is 12.4 Å². The van der Waals surface area contributed by atoms with Gasteiger partial charge in [0.2, 0.25) is 0 Å². The Balaban J connectivity index is 1.59. The number of anilines is 1. The van der Waals surface area contributed by atoms with Crippen molar-refractivity contribution >= 4 is 28.7 Å². The van der Waals surface area contributed by atoms with Crippen molar-refractivity contribution in [3.05, 3.63) is 12.7 Å². The minimum Gasteiger partial charge on any atom is -0.387 e. The zero-order chi connectivity index (χ0) is 18.1. The first-order valence-corrected chi connectivity index (χ1v) is 10.4. The summed E-state index contributed by atoms with van der Waals surface area (Å²) in [4.78, 5) is 13.1. The van der Waals surface area contributed by atoms with Gasteiger partial charge in [0.25, 0.3) is 0 Å². The zero-order valence-electron chi connectivity index (χ0n) is 14.8. The number of aromatic nitrogens is 4. The number of aliphatic hydroxyl groups is 2. The van der Waals surface area contributed by atoms with Crippen molar-refractivity contribution in [3.8, 4) is 0 Å². The zero-order valence-corrected chi connectivity index (χ0v) is 15.6. The maximum absolute atomic E-state index is 10.5. The molecule has 1 saturated heterocycles. The molecule has 4 rings (SSSR count). The highest BCUT2D eigenvalue weighted by atomic mass is 32.2. The molecule has 0 unspecified atom stereocenters. The predicted octanol–water partition coefficient (Wildman–Crippen LogP) is 1.55. The molecule has 3 heterocycles. The van der Waals surface area contributed by atoms with Crippen LogP contribution in [0.15, 0.2) is 12.7 Å². The van der Waals surface area contributed by atoms with Crippen molar-refractivity contribution in [1.29, 1.82) is 0 Å². The SMILES string of the molecule is CCSC[C@H]1O[C@@H](n2cnc3c(NC4CCCC4)ncnc32)[C@H](O)[C@@H]1O. The summed E-state index contributed by atoms with van der Waals surface area (Å²) in [7, 11) is 0. The molecule has 1 aliphatic heterocycles. The summed E-state index contributed by atoms with van der Waals surface area (Å²) in [6.07, 6.45) is 4.80. The number of hydrogen-bond acceptors (Lipinski definition) is 8. The number of aliphatic hydroxyl groups excluding tert-OH is 2. The van der Waals surface area contributed by atoms with Crippen LogP contribution in [0.2, 0.25) is 0 Å². The Kier molecular flexibility index (Phi) is 5.30. The minimum atomic E-state index is -1.02. The Bertz CT molecular complexity index is 751. The molecule has 8 nitrogen and oxygen atoms in total. The third-order valence-corrected chi connectivity index (χ3v) is 6.12. The summed E-state index contributed by atoms with van der Waals surface area (Å²) in [5.41, 5.74) is 1.26. The topological polar surface area (TPSA) is 105 Å². The lowest BCUT2D eigenvalue weighted by Crippen LogP contribution is -2.32. The Morgan fingerprint density at radius 2 is 2.04 bits per heavy atom. The summed E-state index contributed by atoms with van der Waals surface area (Å²) >= 11 is 1.68. The van der Waals surface area contributed by atoms with E-state index in [-0.39, 0.29) is 0 Å². The smallest absolute Gasteiger partial charge is 0.167 e. The second-order valence-electron chi connectivity index (χ2n) is 6.88. The van der Waals surface area contributed by atoms with Crippen molar-refractivity contribution in [2.75, 3.05) is 16.8 Å². The van der Waals surface area contributed by atoms with Gasteiger partial charge in [-0.3, -0.25) is 4.57 Å². The fourth-order valence-electron chi connectivity index (χ4n) is 3.74. The number of thioether (sulfide) groups is 1. The quantitative estimate of drug-likeness (QED) is 0.694. The molecule has 2 aromatic heterocycles. The third kappa shape index (κ3) is 3.28. The fourth-order valence-corrected chi connectivity index (χ4v) is 4.48. The van der Waals surface area contributed by atoms with E-state index in [0.717, 1.165) is 18.6 Å². The van der Waals surface area contributed by atoms with Gasteiger partial charge in [0.1, 0.15) is 18.5 Å². The van der Waals surface area contributed by atoms with Crippen LogP contribution in [0.25, 0.3) is 11.2 Å². The first-order valence-electron chi connectivity index (χ1n) is 9.22. The van der Waals surface area contributed by atoms with Crippen molar-refractivity contribution in [2.45, 2.75) is 63.2 Å². The molecule has 0 amide bonds. The monoisotopic (exact) mass is 379 g/mol. The third-order valence-electron chi connectivity index (χ3n) is 5.15. The first-order chi connectivity index (χ1) is 12.7. The highest BCUT2D eigenvalue weighted by Crippen LogP contribution is 2.34. The lowest BCUT2D eigenvalue weighted by Gasteiger charge is -2.17. The molecule has 2 fully saturated rings. The van der Waals surface area contributed by atoms with Crippen molar-refractivity contribution in [2.24, 2.45) is 0 Å². The molecule has 4 atom stereocenters. The van der Waals surface area contributed by atoms with Crippen molar-refractivity contribution in [3.63, 3.8) is 0 Å². The summed E-state index contributed by atoms with van der Waals surface area (Å²) < 4.78 is 7.63. The number of ether oxygens (including phenoxy) is 1. The van der Waals surface area contributed by atoms with Crippen LogP contribution in [0.1, 0.15) is 38.8 Å². The Hall–Kier alpha value is -1.42. The van der Waals surface area contributed by atoms with E-state index in [1.165, 1.54) is 19.2 Å². The summed E-state index contributed by atoms with van der Waals surface area (Å²) in [5, 5.41) is 24.2. The molecule has 0 bridgehead atoms. The normalized spacial score (nSPS) is 29.7. The van der Waals surface area contributed by atoms with Crippen LogP contribution in [-0.2, 0) is 4.74 Å². The molecule has 0 aromatic carbocycles. The van der Waals surface area contributed by atoms with E-state index in [2.05, 4.69) is 27.2 Å². The van der Waals surface area contributed by atoms with E-state index < -0.39 is 24.5 Å². The van der Waals surface area contributed by atoms with Crippen molar-refractivity contribution < 1.29 is 14.9 Å². The molecule has 1 saturated carbocycles. The molecule has 2 aromatic rings. The van der Waals surface area contributed by atoms with Crippen LogP contribution < -0.4 is 5.32 Å². The van der Waals surface area contributed by atoms with Crippen LogP contribution in [-0.4, -0.2) is 65.6 Å². The minimum absolute atomic E-state index is 0.407. The number of imidazole rings is 1. The number of nitrogens with zero attached hydrogens (tertiary/aromatic N) is 4. The van der Waals surface area contributed by atoms with Gasteiger partial charge in [0, 0.05) is 11.8 Å². The van der Waals surface area contributed by atoms with E-state index in [1.54, 1.807) is 22.7 Å². The molecular weight excluding hydrogens is 354 g/mol. The molecule has 2 aliphatic rings. The van der Waals surface area contributed by atoms with E-state index in [1.807, 2.05) is 0 Å². The predicted molar refractivity (Wildman–Crippen MR) is 100 cm³/mol. The lowest BCUT2D eigenvalue weighted by molar-refractivity contribution is -0.0288. The lowest BCUT2D eigenvalue weighted by atomic mass is 10.1. The highest BCUT2D eigenvalue weighted by molar-refractivity contribution is 7.99. The van der Waals surface area contributed by atoms with Gasteiger partial charge in [-0.25, -0.2) is 15.0 Å². The number of fused-ring (bicyclic) bond motifs is 1. The highest BCUT2D eigenvalue weighted by Gasteiger charge is 2.44. The average Bonchev–Trinajstić information content (AvgIpc) is 3.36. The van der Waals surface area contributed by atoms with Crippen LogP contribution in [0.5, 0.6) is 0 Å². The van der Waals surface area contributed by atoms with Crippen LogP contribution >= 0.6 is 11.8 Å². The van der Waals surface area contributed by atoms with Gasteiger partial charge >= 0.3 is 0 Å². The van der Waals surface area contributed by atoms with Gasteiger partial charge in [-0.15, -0.1) is 0 Å². The standard InChI is InChI=1S/C17H25N5O3S/c1-2-26-7-11-13(23)14(24)17(25-11)22-9-20-12-15(18-8-19-16(12)22)21-10-5-3-4-6-10/h8-11,13-14,17,23-24H,2-7H2,1H3,(H,18,19,21)/t11-,13-,14-,17-/m1/s1. The maximum Gasteiger partial charge on any atom is 0.167 e. The second kappa shape index (κ2) is 7.67. The van der Waals surface area contributed by atoms with Crippen LogP contribution in [0.3, 0.4) is 0 Å². The molecule has 0 radical (unpaired) electrons. The van der Waals surface area contributed by atoms with E-state index in [4.69, 9.17) is 4.74 Å². The first kappa shape index (κ1) is 18.0. The number of hydrogen-bond donors (Lipinski definition) is 3. The second-order valence-corrected chi connectivity index (χ2v) is 8.20. The van der Waals surface area contributed by atoms with Gasteiger partial charge in [0.15, 0.2) is 23.2 Å². The molecule has 26 heavy (non-hydrogen) atoms. The number of nitrogens with one attached hydrogen (secondary N) is 1. The number of rotatable bonds is 6. The van der Waals surface area contributed by atoms with Crippen molar-refractivity contribution in [1.82, 2.24) is 19.5 Å². The Labute approximate surface area is 156 Å². The fraction of sp³-hybridized carbons (Fsp3) is 0.706. The molecule has 9 heteroatoms. The summed E-state index contributed by atoms with van der Waals surface area (Å²) in [6.45, 7) is 2.05. The van der Waals surface area contributed by atoms with E-state index >= 15 is 0 Å². The van der Waals surface area contributed by atoms with Crippen LogP contribution in [0, 0.1) is 0 Å². The summed E-state index contributed by atoms with van der Waals surface area (Å²) in [6, 6.07) is 0.420. The Morgan fingerprint density at radius 3 is 2.81 bits per heavy atom. The molecule has 0 spiro atoms. The van der Waals surface area contributed by atoms with Gasteiger partial charge in [-0.2, -0.15) is 11.8 Å². The molecule has 142 valence electrons. The largest absolute Gasteiger partial charge is 0.387 e. The molecule has 3 N–H and O–H groups in total. The van der Waals surface area contributed by atoms with E-state index in [9.17, 15) is 10.2 Å². The molecular formula is C17H25N5O3S. The Morgan fingerprint density at radius 1 is 1.23 bits per heavy atom.